The van der Waals surface area contributed by atoms with Crippen molar-refractivity contribution in [3.63, 3.8) is 0 Å². The molecule has 0 spiro atoms. The van der Waals surface area contributed by atoms with Crippen LogP contribution < -0.4 is 9.64 Å². The Balaban J connectivity index is 1.52. The highest BCUT2D eigenvalue weighted by molar-refractivity contribution is 5.67. The molecule has 1 aliphatic rings. The third-order valence-electron chi connectivity index (χ3n) is 5.08. The van der Waals surface area contributed by atoms with Crippen LogP contribution >= 0.6 is 0 Å². The molecular weight excluding hydrogens is 390 g/mol. The monoisotopic (exact) mass is 419 g/mol. The van der Waals surface area contributed by atoms with Crippen molar-refractivity contribution in [3.8, 4) is 16.9 Å². The summed E-state index contributed by atoms with van der Waals surface area (Å²) < 4.78 is 11.7. The number of hydrogen-bond acceptors (Lipinski definition) is 6. The largest absolute Gasteiger partial charge is 0.487 e. The number of pyridine rings is 2. The van der Waals surface area contributed by atoms with E-state index in [2.05, 4.69) is 16.0 Å². The predicted octanol–water partition coefficient (Wildman–Crippen LogP) is 4.57. The lowest BCUT2D eigenvalue weighted by Gasteiger charge is -2.36. The highest BCUT2D eigenvalue weighted by Gasteiger charge is 2.28. The van der Waals surface area contributed by atoms with Gasteiger partial charge in [-0.3, -0.25) is 4.98 Å². The zero-order valence-corrected chi connectivity index (χ0v) is 18.3. The molecule has 0 saturated heterocycles. The van der Waals surface area contributed by atoms with Gasteiger partial charge in [-0.2, -0.15) is 0 Å². The minimum absolute atomic E-state index is 0.442. The molecule has 0 aliphatic carbocycles. The molecule has 6 heteroatoms. The standard InChI is InChI=1S/C25H29N3O3/c1-25(2,3)31-24(29)28-11-7-10-19-12-20(15-27-23(19)28)21-13-22(16-26-14-21)30-17-18-8-5-4-6-9-18/h4-6,8-9,12-16,24,29H,7,10-11,17H2,1-3H3. The van der Waals surface area contributed by atoms with Crippen LogP contribution in [0, 0.1) is 0 Å². The van der Waals surface area contributed by atoms with E-state index in [1.54, 1.807) is 6.20 Å². The molecule has 3 heterocycles. The number of fused-ring (bicyclic) bond motifs is 1. The third-order valence-corrected chi connectivity index (χ3v) is 5.08. The van der Waals surface area contributed by atoms with Crippen LogP contribution in [-0.4, -0.2) is 33.6 Å². The Bertz CT molecular complexity index is 1020. The zero-order chi connectivity index (χ0) is 21.8. The van der Waals surface area contributed by atoms with Gasteiger partial charge in [0.05, 0.1) is 11.8 Å². The van der Waals surface area contributed by atoms with Gasteiger partial charge in [0, 0.05) is 30.1 Å². The molecule has 1 aliphatic heterocycles. The predicted molar refractivity (Wildman–Crippen MR) is 121 cm³/mol. The number of benzene rings is 1. The molecule has 0 radical (unpaired) electrons. The van der Waals surface area contributed by atoms with Gasteiger partial charge in [0.15, 0.2) is 0 Å². The molecular formula is C25H29N3O3. The molecule has 162 valence electrons. The Kier molecular flexibility index (Phi) is 6.20. The van der Waals surface area contributed by atoms with E-state index in [-0.39, 0.29) is 0 Å². The Labute approximate surface area is 183 Å². The third kappa shape index (κ3) is 5.40. The summed E-state index contributed by atoms with van der Waals surface area (Å²) in [6.07, 6.45) is 6.18. The minimum atomic E-state index is -1.02. The van der Waals surface area contributed by atoms with Crippen molar-refractivity contribution in [1.82, 2.24) is 9.97 Å². The first kappa shape index (κ1) is 21.3. The van der Waals surface area contributed by atoms with E-state index in [1.807, 2.05) is 74.5 Å². The molecule has 0 fully saturated rings. The summed E-state index contributed by atoms with van der Waals surface area (Å²) >= 11 is 0. The van der Waals surface area contributed by atoms with Crippen LogP contribution in [0.2, 0.25) is 0 Å². The zero-order valence-electron chi connectivity index (χ0n) is 18.3. The summed E-state index contributed by atoms with van der Waals surface area (Å²) in [5.41, 5.74) is 3.69. The number of aliphatic hydroxyl groups excluding tert-OH is 1. The van der Waals surface area contributed by atoms with Gasteiger partial charge < -0.3 is 19.5 Å². The van der Waals surface area contributed by atoms with Crippen LogP contribution in [0.15, 0.2) is 61.1 Å². The minimum Gasteiger partial charge on any atom is -0.487 e. The quantitative estimate of drug-likeness (QED) is 0.591. The summed E-state index contributed by atoms with van der Waals surface area (Å²) in [6, 6.07) is 14.2. The average Bonchev–Trinajstić information content (AvgIpc) is 2.76. The van der Waals surface area contributed by atoms with E-state index >= 15 is 0 Å². The van der Waals surface area contributed by atoms with Crippen LogP contribution in [0.1, 0.15) is 38.3 Å². The van der Waals surface area contributed by atoms with Crippen LogP contribution in [0.4, 0.5) is 5.82 Å². The summed E-state index contributed by atoms with van der Waals surface area (Å²) in [5.74, 6) is 1.49. The molecule has 4 rings (SSSR count). The molecule has 1 unspecified atom stereocenters. The maximum Gasteiger partial charge on any atom is 0.239 e. The Morgan fingerprint density at radius 2 is 1.84 bits per heavy atom. The van der Waals surface area contributed by atoms with Crippen LogP contribution in [-0.2, 0) is 17.8 Å². The first-order chi connectivity index (χ1) is 14.9. The number of aromatic nitrogens is 2. The van der Waals surface area contributed by atoms with E-state index in [1.165, 1.54) is 0 Å². The van der Waals surface area contributed by atoms with E-state index in [0.29, 0.717) is 13.2 Å². The molecule has 3 aromatic rings. The van der Waals surface area contributed by atoms with Crippen LogP contribution in [0.25, 0.3) is 11.1 Å². The first-order valence-corrected chi connectivity index (χ1v) is 10.6. The van der Waals surface area contributed by atoms with Crippen molar-refractivity contribution in [2.75, 3.05) is 11.4 Å². The van der Waals surface area contributed by atoms with Crippen molar-refractivity contribution in [2.24, 2.45) is 0 Å². The molecule has 1 N–H and O–H groups in total. The van der Waals surface area contributed by atoms with Gasteiger partial charge in [-0.15, -0.1) is 0 Å². The topological polar surface area (TPSA) is 67.7 Å². The average molecular weight is 420 g/mol. The van der Waals surface area contributed by atoms with Crippen LogP contribution in [0.5, 0.6) is 5.75 Å². The van der Waals surface area contributed by atoms with Gasteiger partial charge in [0.25, 0.3) is 0 Å². The maximum absolute atomic E-state index is 10.6. The Morgan fingerprint density at radius 3 is 2.61 bits per heavy atom. The summed E-state index contributed by atoms with van der Waals surface area (Å²) in [4.78, 5) is 10.8. The van der Waals surface area contributed by atoms with Crippen LogP contribution in [0.3, 0.4) is 0 Å². The van der Waals surface area contributed by atoms with Gasteiger partial charge in [0.2, 0.25) is 6.41 Å². The summed E-state index contributed by atoms with van der Waals surface area (Å²) in [5, 5.41) is 10.6. The first-order valence-electron chi connectivity index (χ1n) is 10.6. The SMILES string of the molecule is CC(C)(C)OC(O)N1CCCc2cc(-c3cncc(OCc4ccccc4)c3)cnc21. The van der Waals surface area contributed by atoms with Gasteiger partial charge in [0.1, 0.15) is 18.2 Å². The Hall–Kier alpha value is -2.96. The molecule has 0 amide bonds. The summed E-state index contributed by atoms with van der Waals surface area (Å²) in [6.45, 7) is 6.99. The number of ether oxygens (including phenoxy) is 2. The van der Waals surface area contributed by atoms with Crippen molar-refractivity contribution >= 4 is 5.82 Å². The molecule has 31 heavy (non-hydrogen) atoms. The van der Waals surface area contributed by atoms with Crippen molar-refractivity contribution in [2.45, 2.75) is 52.2 Å². The number of nitrogens with zero attached hydrogens (tertiary/aromatic N) is 3. The second-order valence-electron chi connectivity index (χ2n) is 8.74. The van der Waals surface area contributed by atoms with E-state index in [9.17, 15) is 5.11 Å². The molecule has 6 nitrogen and oxygen atoms in total. The molecule has 1 aromatic carbocycles. The normalized spacial score (nSPS) is 14.8. The lowest BCUT2D eigenvalue weighted by Crippen LogP contribution is -2.44. The van der Waals surface area contributed by atoms with Gasteiger partial charge >= 0.3 is 0 Å². The lowest BCUT2D eigenvalue weighted by atomic mass is 10.0. The van der Waals surface area contributed by atoms with Gasteiger partial charge in [-0.05, 0) is 56.9 Å². The van der Waals surface area contributed by atoms with Crippen molar-refractivity contribution in [1.29, 1.82) is 0 Å². The van der Waals surface area contributed by atoms with Gasteiger partial charge in [-0.1, -0.05) is 30.3 Å². The fraction of sp³-hybridized carbons (Fsp3) is 0.360. The van der Waals surface area contributed by atoms with Crippen molar-refractivity contribution < 1.29 is 14.6 Å². The molecule has 0 bridgehead atoms. The number of rotatable bonds is 6. The lowest BCUT2D eigenvalue weighted by molar-refractivity contribution is -0.165. The number of anilines is 1. The fourth-order valence-corrected chi connectivity index (χ4v) is 3.64. The van der Waals surface area contributed by atoms with Crippen molar-refractivity contribution in [3.05, 3.63) is 72.2 Å². The summed E-state index contributed by atoms with van der Waals surface area (Å²) in [7, 11) is 0. The highest BCUT2D eigenvalue weighted by atomic mass is 16.6. The number of aliphatic hydroxyl groups is 1. The molecule has 2 aromatic heterocycles. The highest BCUT2D eigenvalue weighted by Crippen LogP contribution is 2.32. The second-order valence-corrected chi connectivity index (χ2v) is 8.74. The number of hydrogen-bond donors (Lipinski definition) is 1. The van der Waals surface area contributed by atoms with E-state index < -0.39 is 12.0 Å². The van der Waals surface area contributed by atoms with Gasteiger partial charge in [-0.25, -0.2) is 4.98 Å². The van der Waals surface area contributed by atoms with E-state index in [0.717, 1.165) is 46.7 Å². The second kappa shape index (κ2) is 9.04. The fourth-order valence-electron chi connectivity index (χ4n) is 3.64. The Morgan fingerprint density at radius 1 is 1.06 bits per heavy atom. The smallest absolute Gasteiger partial charge is 0.239 e. The maximum atomic E-state index is 10.6. The molecule has 1 atom stereocenters. The molecule has 0 saturated carbocycles. The number of aryl methyl sites for hydroxylation is 1. The van der Waals surface area contributed by atoms with E-state index in [4.69, 9.17) is 9.47 Å².